The Morgan fingerprint density at radius 2 is 1.88 bits per heavy atom. The van der Waals surface area contributed by atoms with Crippen LogP contribution in [-0.4, -0.2) is 37.6 Å². The van der Waals surface area contributed by atoms with Gasteiger partial charge in [0.2, 0.25) is 11.1 Å². The second kappa shape index (κ2) is 8.86. The minimum atomic E-state index is -0.328. The van der Waals surface area contributed by atoms with Gasteiger partial charge in [-0.05, 0) is 41.3 Å². The van der Waals surface area contributed by atoms with Crippen LogP contribution in [0.15, 0.2) is 64.6 Å². The van der Waals surface area contributed by atoms with Gasteiger partial charge in [-0.15, -0.1) is 16.9 Å². The van der Waals surface area contributed by atoms with Gasteiger partial charge in [0.15, 0.2) is 0 Å². The molecular formula is C18H19N5OS2. The Labute approximate surface area is 160 Å². The van der Waals surface area contributed by atoms with E-state index >= 15 is 0 Å². The van der Waals surface area contributed by atoms with Gasteiger partial charge in [0.1, 0.15) is 0 Å². The van der Waals surface area contributed by atoms with Crippen molar-refractivity contribution in [3.8, 4) is 0 Å². The first kappa shape index (κ1) is 18.5. The Kier molecular flexibility index (Phi) is 6.30. The Morgan fingerprint density at radius 3 is 2.65 bits per heavy atom. The topological polar surface area (TPSA) is 72.7 Å². The molecule has 1 N–H and O–H groups in total. The number of nitrogens with zero attached hydrogens (tertiary/aromatic N) is 4. The lowest BCUT2D eigenvalue weighted by atomic mass is 10.2. The van der Waals surface area contributed by atoms with Crippen molar-refractivity contribution in [2.24, 2.45) is 0 Å². The van der Waals surface area contributed by atoms with Crippen molar-refractivity contribution in [1.82, 2.24) is 20.2 Å². The maximum Gasteiger partial charge on any atom is 0.237 e. The summed E-state index contributed by atoms with van der Waals surface area (Å²) in [4.78, 5) is 13.6. The molecule has 134 valence electrons. The number of carbonyl (C=O) groups is 1. The molecule has 0 spiro atoms. The molecule has 0 fully saturated rings. The fraction of sp³-hybridized carbons (Fsp3) is 0.222. The summed E-state index contributed by atoms with van der Waals surface area (Å²) >= 11 is 2.95. The lowest BCUT2D eigenvalue weighted by Gasteiger charge is -2.13. The van der Waals surface area contributed by atoms with Gasteiger partial charge < -0.3 is 5.32 Å². The molecule has 1 amide bonds. The highest BCUT2D eigenvalue weighted by molar-refractivity contribution is 8.00. The van der Waals surface area contributed by atoms with Gasteiger partial charge >= 0.3 is 0 Å². The average molecular weight is 386 g/mol. The third-order valence-corrected chi connectivity index (χ3v) is 5.56. The van der Waals surface area contributed by atoms with E-state index in [1.807, 2.05) is 67.8 Å². The van der Waals surface area contributed by atoms with Gasteiger partial charge in [-0.2, -0.15) is 0 Å². The summed E-state index contributed by atoms with van der Waals surface area (Å²) in [6, 6.07) is 17.7. The van der Waals surface area contributed by atoms with Gasteiger partial charge in [-0.3, -0.25) is 4.79 Å². The van der Waals surface area contributed by atoms with E-state index in [4.69, 9.17) is 0 Å². The number of carbonyl (C=O) groups excluding carboxylic acids is 1. The zero-order chi connectivity index (χ0) is 18.4. The van der Waals surface area contributed by atoms with Crippen molar-refractivity contribution >= 4 is 35.1 Å². The molecule has 1 atom stereocenters. The maximum absolute atomic E-state index is 12.6. The van der Waals surface area contributed by atoms with Gasteiger partial charge in [0.25, 0.3) is 0 Å². The largest absolute Gasteiger partial charge is 0.324 e. The van der Waals surface area contributed by atoms with Gasteiger partial charge in [0.05, 0.1) is 17.5 Å². The monoisotopic (exact) mass is 385 g/mol. The Balaban J connectivity index is 1.65. The number of amides is 1. The third kappa shape index (κ3) is 4.64. The molecule has 2 aromatic carbocycles. The van der Waals surface area contributed by atoms with E-state index in [0.29, 0.717) is 11.7 Å². The normalized spacial score (nSPS) is 11.9. The van der Waals surface area contributed by atoms with Gasteiger partial charge in [0, 0.05) is 4.90 Å². The zero-order valence-electron chi connectivity index (χ0n) is 14.5. The van der Waals surface area contributed by atoms with Crippen LogP contribution < -0.4 is 5.32 Å². The molecule has 0 aliphatic rings. The van der Waals surface area contributed by atoms with Crippen LogP contribution >= 0.6 is 23.5 Å². The summed E-state index contributed by atoms with van der Waals surface area (Å²) in [5.74, 6) is -0.0780. The lowest BCUT2D eigenvalue weighted by Crippen LogP contribution is -2.23. The van der Waals surface area contributed by atoms with Crippen LogP contribution in [0.4, 0.5) is 5.69 Å². The van der Waals surface area contributed by atoms with Crippen molar-refractivity contribution < 1.29 is 4.79 Å². The Bertz CT molecular complexity index is 869. The predicted molar refractivity (Wildman–Crippen MR) is 106 cm³/mol. The zero-order valence-corrected chi connectivity index (χ0v) is 16.1. The quantitative estimate of drug-likeness (QED) is 0.627. The Morgan fingerprint density at radius 1 is 1.15 bits per heavy atom. The molecule has 0 aliphatic carbocycles. The number of thioether (sulfide) groups is 2. The number of nitrogens with one attached hydrogen (secondary N) is 1. The number of hydrogen-bond acceptors (Lipinski definition) is 6. The second-order valence-corrected chi connectivity index (χ2v) is 7.71. The van der Waals surface area contributed by atoms with Crippen LogP contribution in [0.2, 0.25) is 0 Å². The molecule has 3 aromatic rings. The van der Waals surface area contributed by atoms with Crippen LogP contribution in [0.5, 0.6) is 0 Å². The molecule has 0 aliphatic heterocycles. The molecular weight excluding hydrogens is 366 g/mol. The summed E-state index contributed by atoms with van der Waals surface area (Å²) in [5.41, 5.74) is 1.92. The molecule has 8 heteroatoms. The van der Waals surface area contributed by atoms with Crippen molar-refractivity contribution in [1.29, 1.82) is 0 Å². The number of benzene rings is 2. The number of aromatic nitrogens is 4. The minimum Gasteiger partial charge on any atom is -0.324 e. The van der Waals surface area contributed by atoms with E-state index < -0.39 is 0 Å². The summed E-state index contributed by atoms with van der Waals surface area (Å²) in [5, 5.41) is 15.1. The first-order valence-corrected chi connectivity index (χ1v) is 10.2. The fourth-order valence-electron chi connectivity index (χ4n) is 2.33. The number of para-hydroxylation sites is 1. The van der Waals surface area contributed by atoms with E-state index in [2.05, 4.69) is 20.8 Å². The molecule has 1 heterocycles. The predicted octanol–water partition coefficient (Wildman–Crippen LogP) is 3.56. The average Bonchev–Trinajstić information content (AvgIpc) is 3.09. The SMILES string of the molecule is CSc1ccccc1NC(=O)C(C)Sc1nnnn1Cc1ccccc1. The highest BCUT2D eigenvalue weighted by atomic mass is 32.2. The molecule has 3 rings (SSSR count). The summed E-state index contributed by atoms with van der Waals surface area (Å²) < 4.78 is 1.71. The maximum atomic E-state index is 12.6. The van der Waals surface area contributed by atoms with E-state index in [0.717, 1.165) is 16.1 Å². The highest BCUT2D eigenvalue weighted by Gasteiger charge is 2.19. The van der Waals surface area contributed by atoms with Crippen LogP contribution in [0.1, 0.15) is 12.5 Å². The van der Waals surface area contributed by atoms with Crippen molar-refractivity contribution in [2.45, 2.75) is 28.8 Å². The molecule has 6 nitrogen and oxygen atoms in total. The number of anilines is 1. The van der Waals surface area contributed by atoms with Crippen LogP contribution in [0, 0.1) is 0 Å². The van der Waals surface area contributed by atoms with Crippen molar-refractivity contribution in [2.75, 3.05) is 11.6 Å². The van der Waals surface area contributed by atoms with E-state index in [1.54, 1.807) is 16.4 Å². The first-order chi connectivity index (χ1) is 12.7. The molecule has 1 aromatic heterocycles. The lowest BCUT2D eigenvalue weighted by molar-refractivity contribution is -0.115. The Hall–Kier alpha value is -2.32. The number of hydrogen-bond donors (Lipinski definition) is 1. The van der Waals surface area contributed by atoms with Crippen LogP contribution in [0.25, 0.3) is 0 Å². The number of tetrazole rings is 1. The third-order valence-electron chi connectivity index (χ3n) is 3.69. The van der Waals surface area contributed by atoms with Crippen molar-refractivity contribution in [3.05, 3.63) is 60.2 Å². The van der Waals surface area contributed by atoms with E-state index in [1.165, 1.54) is 11.8 Å². The molecule has 26 heavy (non-hydrogen) atoms. The molecule has 0 saturated heterocycles. The molecule has 0 saturated carbocycles. The van der Waals surface area contributed by atoms with Gasteiger partial charge in [-0.1, -0.05) is 54.2 Å². The molecule has 0 radical (unpaired) electrons. The van der Waals surface area contributed by atoms with E-state index in [9.17, 15) is 4.79 Å². The van der Waals surface area contributed by atoms with E-state index in [-0.39, 0.29) is 11.2 Å². The fourth-order valence-corrected chi connectivity index (χ4v) is 3.67. The number of rotatable bonds is 7. The summed E-state index contributed by atoms with van der Waals surface area (Å²) in [6.45, 7) is 2.42. The molecule has 1 unspecified atom stereocenters. The second-order valence-electron chi connectivity index (χ2n) is 5.55. The highest BCUT2D eigenvalue weighted by Crippen LogP contribution is 2.27. The van der Waals surface area contributed by atoms with Crippen LogP contribution in [-0.2, 0) is 11.3 Å². The minimum absolute atomic E-state index is 0.0780. The smallest absolute Gasteiger partial charge is 0.237 e. The summed E-state index contributed by atoms with van der Waals surface area (Å²) in [6.07, 6.45) is 1.99. The standard InChI is InChI=1S/C18H19N5OS2/c1-13(17(24)19-15-10-6-7-11-16(15)25-2)26-18-20-21-22-23(18)12-14-8-4-3-5-9-14/h3-11,13H,12H2,1-2H3,(H,19,24). The first-order valence-electron chi connectivity index (χ1n) is 8.08. The van der Waals surface area contributed by atoms with Crippen molar-refractivity contribution in [3.63, 3.8) is 0 Å². The van der Waals surface area contributed by atoms with Crippen LogP contribution in [0.3, 0.4) is 0 Å². The molecule has 0 bridgehead atoms. The summed E-state index contributed by atoms with van der Waals surface area (Å²) in [7, 11) is 0. The van der Waals surface area contributed by atoms with Gasteiger partial charge in [-0.25, -0.2) is 4.68 Å².